The van der Waals surface area contributed by atoms with Crippen molar-refractivity contribution >= 4 is 35.2 Å². The highest BCUT2D eigenvalue weighted by molar-refractivity contribution is 7.98. The Labute approximate surface area is 192 Å². The van der Waals surface area contributed by atoms with E-state index in [2.05, 4.69) is 5.32 Å². The molecule has 0 fully saturated rings. The van der Waals surface area contributed by atoms with E-state index in [1.807, 2.05) is 54.8 Å². The van der Waals surface area contributed by atoms with Crippen LogP contribution in [0.4, 0.5) is 0 Å². The molecule has 31 heavy (non-hydrogen) atoms. The molecule has 3 aromatic carbocycles. The van der Waals surface area contributed by atoms with Gasteiger partial charge in [-0.05, 0) is 53.8 Å². The molecule has 0 radical (unpaired) electrons. The van der Waals surface area contributed by atoms with Crippen LogP contribution in [-0.4, -0.2) is 29.9 Å². The monoisotopic (exact) mass is 453 g/mol. The van der Waals surface area contributed by atoms with Crippen molar-refractivity contribution in [3.05, 3.63) is 107 Å². The quantitative estimate of drug-likeness (QED) is 0.433. The maximum atomic E-state index is 13.2. The van der Waals surface area contributed by atoms with E-state index < -0.39 is 18.1 Å². The fraction of sp³-hybridized carbons (Fsp3) is 0.200. The standard InChI is InChI=1S/C25H24ClNO3S/c1-31-17-16-22(27-24(28)20-10-6-3-7-11-20)25(29)30-23(18-8-4-2-5-9-18)19-12-14-21(26)15-13-19/h2-15,22-23H,16-17H2,1H3,(H,27,28)/t22-,23+/m1/s1. The molecule has 3 rings (SSSR count). The molecule has 0 spiro atoms. The van der Waals surface area contributed by atoms with Crippen LogP contribution in [0.5, 0.6) is 0 Å². The highest BCUT2D eigenvalue weighted by Crippen LogP contribution is 2.28. The van der Waals surface area contributed by atoms with Crippen LogP contribution >= 0.6 is 23.4 Å². The minimum Gasteiger partial charge on any atom is -0.451 e. The van der Waals surface area contributed by atoms with Crippen molar-refractivity contribution in [1.29, 1.82) is 0 Å². The Bertz CT molecular complexity index is 981. The molecule has 0 saturated carbocycles. The summed E-state index contributed by atoms with van der Waals surface area (Å²) in [5.74, 6) is -0.0558. The van der Waals surface area contributed by atoms with Gasteiger partial charge in [-0.2, -0.15) is 11.8 Å². The first-order valence-corrected chi connectivity index (χ1v) is 11.7. The van der Waals surface area contributed by atoms with Crippen LogP contribution in [0.2, 0.25) is 5.02 Å². The highest BCUT2D eigenvalue weighted by Gasteiger charge is 2.27. The topological polar surface area (TPSA) is 55.4 Å². The molecule has 0 bridgehead atoms. The van der Waals surface area contributed by atoms with E-state index in [0.29, 0.717) is 22.8 Å². The third-order valence-electron chi connectivity index (χ3n) is 4.75. The summed E-state index contributed by atoms with van der Waals surface area (Å²) >= 11 is 7.64. The summed E-state index contributed by atoms with van der Waals surface area (Å²) in [6.07, 6.45) is 1.83. The molecular weight excluding hydrogens is 430 g/mol. The fourth-order valence-corrected chi connectivity index (χ4v) is 3.71. The van der Waals surface area contributed by atoms with Crippen molar-refractivity contribution < 1.29 is 14.3 Å². The second-order valence-electron chi connectivity index (χ2n) is 6.95. The van der Waals surface area contributed by atoms with Gasteiger partial charge in [0.1, 0.15) is 6.04 Å². The zero-order valence-electron chi connectivity index (χ0n) is 17.2. The first-order chi connectivity index (χ1) is 15.1. The van der Waals surface area contributed by atoms with E-state index in [1.54, 1.807) is 48.2 Å². The molecule has 1 N–H and O–H groups in total. The smallest absolute Gasteiger partial charge is 0.329 e. The van der Waals surface area contributed by atoms with Crippen LogP contribution in [0.3, 0.4) is 0 Å². The molecule has 3 aromatic rings. The molecule has 0 aromatic heterocycles. The second-order valence-corrected chi connectivity index (χ2v) is 8.37. The lowest BCUT2D eigenvalue weighted by Crippen LogP contribution is -2.42. The van der Waals surface area contributed by atoms with E-state index in [9.17, 15) is 9.59 Å². The molecule has 0 aliphatic carbocycles. The number of nitrogens with one attached hydrogen (secondary N) is 1. The molecule has 2 atom stereocenters. The summed E-state index contributed by atoms with van der Waals surface area (Å²) in [4.78, 5) is 25.8. The minimum absolute atomic E-state index is 0.300. The average molecular weight is 454 g/mol. The average Bonchev–Trinajstić information content (AvgIpc) is 2.81. The number of carbonyl (C=O) groups excluding carboxylic acids is 2. The van der Waals surface area contributed by atoms with Gasteiger partial charge in [-0.1, -0.05) is 72.3 Å². The lowest BCUT2D eigenvalue weighted by Gasteiger charge is -2.23. The number of thioether (sulfide) groups is 1. The molecule has 0 saturated heterocycles. The van der Waals surface area contributed by atoms with Gasteiger partial charge in [0, 0.05) is 10.6 Å². The van der Waals surface area contributed by atoms with Gasteiger partial charge in [0.05, 0.1) is 0 Å². The van der Waals surface area contributed by atoms with Crippen molar-refractivity contribution in [2.45, 2.75) is 18.6 Å². The lowest BCUT2D eigenvalue weighted by atomic mass is 10.0. The number of benzene rings is 3. The zero-order chi connectivity index (χ0) is 22.1. The number of amides is 1. The maximum Gasteiger partial charge on any atom is 0.329 e. The predicted molar refractivity (Wildman–Crippen MR) is 127 cm³/mol. The van der Waals surface area contributed by atoms with Gasteiger partial charge in [0.15, 0.2) is 6.10 Å². The van der Waals surface area contributed by atoms with Gasteiger partial charge in [-0.15, -0.1) is 0 Å². The predicted octanol–water partition coefficient (Wildman–Crippen LogP) is 5.52. The Morgan fingerprint density at radius 1 is 0.903 bits per heavy atom. The maximum absolute atomic E-state index is 13.2. The lowest BCUT2D eigenvalue weighted by molar-refractivity contribution is -0.150. The number of esters is 1. The largest absolute Gasteiger partial charge is 0.451 e. The van der Waals surface area contributed by atoms with Crippen LogP contribution in [-0.2, 0) is 9.53 Å². The third-order valence-corrected chi connectivity index (χ3v) is 5.64. The van der Waals surface area contributed by atoms with Gasteiger partial charge in [-0.25, -0.2) is 4.79 Å². The van der Waals surface area contributed by atoms with Gasteiger partial charge in [0.2, 0.25) is 0 Å². The van der Waals surface area contributed by atoms with Crippen LogP contribution in [0, 0.1) is 0 Å². The molecule has 0 aliphatic heterocycles. The van der Waals surface area contributed by atoms with E-state index in [-0.39, 0.29) is 5.91 Å². The number of hydrogen-bond acceptors (Lipinski definition) is 4. The summed E-state index contributed by atoms with van der Waals surface area (Å²) in [5, 5.41) is 3.44. The summed E-state index contributed by atoms with van der Waals surface area (Å²) < 4.78 is 5.95. The molecule has 0 aliphatic rings. The number of ether oxygens (including phenoxy) is 1. The van der Waals surface area contributed by atoms with Gasteiger partial charge < -0.3 is 10.1 Å². The zero-order valence-corrected chi connectivity index (χ0v) is 18.7. The SMILES string of the molecule is CSCC[C@@H](NC(=O)c1ccccc1)C(=O)O[C@@H](c1ccccc1)c1ccc(Cl)cc1. The highest BCUT2D eigenvalue weighted by atomic mass is 35.5. The van der Waals surface area contributed by atoms with E-state index in [0.717, 1.165) is 11.1 Å². The van der Waals surface area contributed by atoms with Gasteiger partial charge >= 0.3 is 5.97 Å². The van der Waals surface area contributed by atoms with Crippen molar-refractivity contribution in [2.75, 3.05) is 12.0 Å². The Morgan fingerprint density at radius 3 is 2.10 bits per heavy atom. The van der Waals surface area contributed by atoms with Crippen LogP contribution in [0.25, 0.3) is 0 Å². The van der Waals surface area contributed by atoms with Gasteiger partial charge in [0.25, 0.3) is 5.91 Å². The Kier molecular flexibility index (Phi) is 8.56. The number of carbonyl (C=O) groups is 2. The number of rotatable bonds is 9. The fourth-order valence-electron chi connectivity index (χ4n) is 3.11. The minimum atomic E-state index is -0.751. The van der Waals surface area contributed by atoms with Crippen molar-refractivity contribution in [1.82, 2.24) is 5.32 Å². The van der Waals surface area contributed by atoms with Crippen LogP contribution in [0.15, 0.2) is 84.9 Å². The first-order valence-electron chi connectivity index (χ1n) is 9.94. The summed E-state index contributed by atoms with van der Waals surface area (Å²) in [7, 11) is 0. The Morgan fingerprint density at radius 2 is 1.48 bits per heavy atom. The molecule has 160 valence electrons. The van der Waals surface area contributed by atoms with Crippen molar-refractivity contribution in [3.8, 4) is 0 Å². The van der Waals surface area contributed by atoms with Crippen molar-refractivity contribution in [3.63, 3.8) is 0 Å². The molecule has 0 heterocycles. The van der Waals surface area contributed by atoms with Gasteiger partial charge in [-0.3, -0.25) is 4.79 Å². The molecule has 4 nitrogen and oxygen atoms in total. The summed E-state index contributed by atoms with van der Waals surface area (Å²) in [6, 6.07) is 24.8. The van der Waals surface area contributed by atoms with Crippen LogP contribution < -0.4 is 5.32 Å². The normalized spacial score (nSPS) is 12.6. The summed E-state index contributed by atoms with van der Waals surface area (Å²) in [5.41, 5.74) is 2.15. The van der Waals surface area contributed by atoms with E-state index >= 15 is 0 Å². The Hall–Kier alpha value is -2.76. The molecule has 1 amide bonds. The van der Waals surface area contributed by atoms with E-state index in [1.165, 1.54) is 0 Å². The second kappa shape index (κ2) is 11.6. The third kappa shape index (κ3) is 6.61. The first kappa shape index (κ1) is 22.9. The summed E-state index contributed by atoms with van der Waals surface area (Å²) in [6.45, 7) is 0. The molecule has 0 unspecified atom stereocenters. The molecular formula is C25H24ClNO3S. The van der Waals surface area contributed by atoms with Crippen LogP contribution in [0.1, 0.15) is 34.0 Å². The number of halogens is 1. The number of hydrogen-bond donors (Lipinski definition) is 1. The Balaban J connectivity index is 1.82. The van der Waals surface area contributed by atoms with E-state index in [4.69, 9.17) is 16.3 Å². The van der Waals surface area contributed by atoms with Crippen molar-refractivity contribution in [2.24, 2.45) is 0 Å². The molecule has 6 heteroatoms.